The molecule has 0 spiro atoms. The van der Waals surface area contributed by atoms with Crippen LogP contribution in [0.5, 0.6) is 0 Å². The molecular weight excluding hydrogens is 258 g/mol. The number of ether oxygens (including phenoxy) is 1. The number of rotatable bonds is 5. The van der Waals surface area contributed by atoms with Crippen molar-refractivity contribution in [2.24, 2.45) is 5.92 Å². The summed E-state index contributed by atoms with van der Waals surface area (Å²) >= 11 is 1.60. The minimum Gasteiger partial charge on any atom is -0.367 e. The largest absolute Gasteiger partial charge is 0.367 e. The zero-order chi connectivity index (χ0) is 13.9. The molecule has 1 aromatic heterocycles. The number of nitrogens with zero attached hydrogens (tertiary/aromatic N) is 1. The fourth-order valence-corrected chi connectivity index (χ4v) is 3.44. The number of aromatic nitrogens is 1. The van der Waals surface area contributed by atoms with E-state index in [1.54, 1.807) is 11.3 Å². The minimum atomic E-state index is -0.543. The molecule has 0 bridgehead atoms. The van der Waals surface area contributed by atoms with Crippen LogP contribution in [-0.2, 0) is 16.0 Å². The standard InChI is InChI=1S/C15H23NO2S/c1-4-18-15(7-5-11(2)6-8-15)14(17)9-13-10-19-12(3)16-13/h10-11H,4-9H2,1-3H3. The van der Waals surface area contributed by atoms with Crippen LogP contribution in [-0.4, -0.2) is 23.0 Å². The fourth-order valence-electron chi connectivity index (χ4n) is 2.82. The van der Waals surface area contributed by atoms with Crippen molar-refractivity contribution in [3.05, 3.63) is 16.1 Å². The summed E-state index contributed by atoms with van der Waals surface area (Å²) in [5, 5.41) is 3.00. The summed E-state index contributed by atoms with van der Waals surface area (Å²) in [4.78, 5) is 17.0. The van der Waals surface area contributed by atoms with Crippen LogP contribution in [0.1, 0.15) is 50.2 Å². The third-order valence-corrected chi connectivity index (χ3v) is 4.84. The van der Waals surface area contributed by atoms with E-state index in [2.05, 4.69) is 11.9 Å². The molecule has 3 nitrogen and oxygen atoms in total. The molecule has 0 unspecified atom stereocenters. The summed E-state index contributed by atoms with van der Waals surface area (Å²) in [6, 6.07) is 0. The fraction of sp³-hybridized carbons (Fsp3) is 0.733. The molecular formula is C15H23NO2S. The summed E-state index contributed by atoms with van der Waals surface area (Å²) in [5.74, 6) is 0.925. The Morgan fingerprint density at radius 1 is 1.53 bits per heavy atom. The molecule has 0 aromatic carbocycles. The maximum Gasteiger partial charge on any atom is 0.170 e. The first-order valence-corrected chi connectivity index (χ1v) is 8.02. The molecule has 1 aliphatic carbocycles. The van der Waals surface area contributed by atoms with Gasteiger partial charge in [-0.1, -0.05) is 6.92 Å². The summed E-state index contributed by atoms with van der Waals surface area (Å²) in [6.45, 7) is 6.81. The van der Waals surface area contributed by atoms with Gasteiger partial charge in [0.05, 0.1) is 17.1 Å². The highest BCUT2D eigenvalue weighted by molar-refractivity contribution is 7.09. The highest BCUT2D eigenvalue weighted by atomic mass is 32.1. The Morgan fingerprint density at radius 3 is 2.74 bits per heavy atom. The SMILES string of the molecule is CCOC1(C(=O)Cc2csc(C)n2)CCC(C)CC1. The highest BCUT2D eigenvalue weighted by Gasteiger charge is 2.41. The van der Waals surface area contributed by atoms with Crippen molar-refractivity contribution in [3.8, 4) is 0 Å². The van der Waals surface area contributed by atoms with Crippen molar-refractivity contribution in [1.29, 1.82) is 0 Å². The molecule has 1 aromatic rings. The summed E-state index contributed by atoms with van der Waals surface area (Å²) in [6.07, 6.45) is 4.32. The molecule has 1 heterocycles. The normalized spacial score (nSPS) is 27.4. The Labute approximate surface area is 119 Å². The third kappa shape index (κ3) is 3.42. The maximum absolute atomic E-state index is 12.6. The lowest BCUT2D eigenvalue weighted by Crippen LogP contribution is -2.45. The van der Waals surface area contributed by atoms with Crippen molar-refractivity contribution in [3.63, 3.8) is 0 Å². The number of Topliss-reactive ketones (excluding diaryl/α,β-unsaturated/α-hetero) is 1. The van der Waals surface area contributed by atoms with E-state index in [0.717, 1.165) is 36.4 Å². The summed E-state index contributed by atoms with van der Waals surface area (Å²) in [7, 11) is 0. The second kappa shape index (κ2) is 6.14. The maximum atomic E-state index is 12.6. The van der Waals surface area contributed by atoms with Crippen molar-refractivity contribution in [2.45, 2.75) is 58.5 Å². The van der Waals surface area contributed by atoms with Crippen LogP contribution in [0.25, 0.3) is 0 Å². The topological polar surface area (TPSA) is 39.2 Å². The average Bonchev–Trinajstić information content (AvgIpc) is 2.78. The van der Waals surface area contributed by atoms with Crippen LogP contribution in [0.3, 0.4) is 0 Å². The Hall–Kier alpha value is -0.740. The smallest absolute Gasteiger partial charge is 0.170 e. The van der Waals surface area contributed by atoms with Gasteiger partial charge in [-0.05, 0) is 45.4 Å². The molecule has 0 saturated heterocycles. The number of aryl methyl sites for hydroxylation is 1. The molecule has 0 atom stereocenters. The lowest BCUT2D eigenvalue weighted by molar-refractivity contribution is -0.149. The van der Waals surface area contributed by atoms with E-state index in [1.807, 2.05) is 19.2 Å². The number of carbonyl (C=O) groups is 1. The third-order valence-electron chi connectivity index (χ3n) is 4.02. The van der Waals surface area contributed by atoms with Gasteiger partial charge < -0.3 is 4.74 Å². The van der Waals surface area contributed by atoms with E-state index < -0.39 is 5.60 Å². The Bertz CT molecular complexity index is 433. The molecule has 106 valence electrons. The van der Waals surface area contributed by atoms with Gasteiger partial charge in [-0.25, -0.2) is 4.98 Å². The summed E-state index contributed by atoms with van der Waals surface area (Å²) < 4.78 is 5.89. The first-order chi connectivity index (χ1) is 9.05. The van der Waals surface area contributed by atoms with E-state index in [4.69, 9.17) is 4.74 Å². The Morgan fingerprint density at radius 2 is 2.21 bits per heavy atom. The molecule has 1 fully saturated rings. The lowest BCUT2D eigenvalue weighted by Gasteiger charge is -2.37. The zero-order valence-electron chi connectivity index (χ0n) is 12.1. The first kappa shape index (κ1) is 14.7. The molecule has 0 radical (unpaired) electrons. The van der Waals surface area contributed by atoms with Gasteiger partial charge >= 0.3 is 0 Å². The summed E-state index contributed by atoms with van der Waals surface area (Å²) in [5.41, 5.74) is 0.351. The molecule has 0 N–H and O–H groups in total. The van der Waals surface area contributed by atoms with Gasteiger partial charge in [-0.3, -0.25) is 4.79 Å². The number of carbonyl (C=O) groups excluding carboxylic acids is 1. The van der Waals surface area contributed by atoms with Gasteiger partial charge in [-0.15, -0.1) is 11.3 Å². The van der Waals surface area contributed by atoms with Crippen LogP contribution in [0.4, 0.5) is 0 Å². The van der Waals surface area contributed by atoms with Gasteiger partial charge in [0, 0.05) is 12.0 Å². The van der Waals surface area contributed by atoms with Crippen LogP contribution in [0, 0.1) is 12.8 Å². The number of hydrogen-bond acceptors (Lipinski definition) is 4. The quantitative estimate of drug-likeness (QED) is 0.828. The molecule has 19 heavy (non-hydrogen) atoms. The lowest BCUT2D eigenvalue weighted by atomic mass is 9.76. The molecule has 2 rings (SSSR count). The highest BCUT2D eigenvalue weighted by Crippen LogP contribution is 2.36. The number of hydrogen-bond donors (Lipinski definition) is 0. The van der Waals surface area contributed by atoms with Gasteiger partial charge in [0.15, 0.2) is 5.78 Å². The molecule has 1 saturated carbocycles. The van der Waals surface area contributed by atoms with E-state index in [-0.39, 0.29) is 5.78 Å². The monoisotopic (exact) mass is 281 g/mol. The van der Waals surface area contributed by atoms with Crippen LogP contribution in [0.2, 0.25) is 0 Å². The van der Waals surface area contributed by atoms with Crippen LogP contribution >= 0.6 is 11.3 Å². The van der Waals surface area contributed by atoms with Gasteiger partial charge in [-0.2, -0.15) is 0 Å². The molecule has 4 heteroatoms. The average molecular weight is 281 g/mol. The first-order valence-electron chi connectivity index (χ1n) is 7.14. The number of ketones is 1. The predicted molar refractivity (Wildman–Crippen MR) is 77.6 cm³/mol. The van der Waals surface area contributed by atoms with Gasteiger partial charge in [0.2, 0.25) is 0 Å². The second-order valence-electron chi connectivity index (χ2n) is 5.57. The number of thiazole rings is 1. The zero-order valence-corrected chi connectivity index (χ0v) is 12.9. The molecule has 0 amide bonds. The van der Waals surface area contributed by atoms with Gasteiger partial charge in [0.25, 0.3) is 0 Å². The van der Waals surface area contributed by atoms with Crippen LogP contribution < -0.4 is 0 Å². The minimum absolute atomic E-state index is 0.214. The Kier molecular flexibility index (Phi) is 4.74. The van der Waals surface area contributed by atoms with E-state index >= 15 is 0 Å². The van der Waals surface area contributed by atoms with E-state index in [0.29, 0.717) is 18.9 Å². The van der Waals surface area contributed by atoms with Crippen LogP contribution in [0.15, 0.2) is 5.38 Å². The molecule has 1 aliphatic rings. The predicted octanol–water partition coefficient (Wildman–Crippen LogP) is 3.55. The van der Waals surface area contributed by atoms with Crippen molar-refractivity contribution in [1.82, 2.24) is 4.98 Å². The van der Waals surface area contributed by atoms with Crippen molar-refractivity contribution in [2.75, 3.05) is 6.61 Å². The van der Waals surface area contributed by atoms with Gasteiger partial charge in [0.1, 0.15) is 5.60 Å². The molecule has 0 aliphatic heterocycles. The van der Waals surface area contributed by atoms with Crippen molar-refractivity contribution >= 4 is 17.1 Å². The second-order valence-corrected chi connectivity index (χ2v) is 6.63. The van der Waals surface area contributed by atoms with E-state index in [9.17, 15) is 4.79 Å². The van der Waals surface area contributed by atoms with Crippen molar-refractivity contribution < 1.29 is 9.53 Å². The Balaban J connectivity index is 2.08. The van der Waals surface area contributed by atoms with E-state index in [1.165, 1.54) is 0 Å².